The van der Waals surface area contributed by atoms with Crippen LogP contribution in [0.4, 0.5) is 11.4 Å². The van der Waals surface area contributed by atoms with Gasteiger partial charge in [-0.2, -0.15) is 0 Å². The predicted molar refractivity (Wildman–Crippen MR) is 74.5 cm³/mol. The van der Waals surface area contributed by atoms with Crippen LogP contribution in [0.5, 0.6) is 0 Å². The second-order valence-corrected chi connectivity index (χ2v) is 5.10. The number of rotatable bonds is 5. The van der Waals surface area contributed by atoms with Crippen LogP contribution in [0.25, 0.3) is 0 Å². The van der Waals surface area contributed by atoms with Crippen molar-refractivity contribution in [1.82, 2.24) is 0 Å². The molecule has 104 valence electrons. The van der Waals surface area contributed by atoms with Gasteiger partial charge in [0.2, 0.25) is 0 Å². The summed E-state index contributed by atoms with van der Waals surface area (Å²) in [5, 5.41) is 20.4. The molecule has 0 radical (unpaired) electrons. The third kappa shape index (κ3) is 3.04. The average Bonchev–Trinajstić information content (AvgIpc) is 2.89. The molecule has 0 saturated heterocycles. The molecule has 1 aliphatic carbocycles. The SMILES string of the molecule is Cc1ccc([N+](=O)[O-])c(N(CCO)C2CCCC2)c1. The molecule has 2 rings (SSSR count). The van der Waals surface area contributed by atoms with Gasteiger partial charge in [-0.25, -0.2) is 0 Å². The number of anilines is 1. The number of aryl methyl sites for hydroxylation is 1. The van der Waals surface area contributed by atoms with E-state index < -0.39 is 0 Å². The first-order valence-electron chi connectivity index (χ1n) is 6.76. The van der Waals surface area contributed by atoms with Gasteiger partial charge in [0.15, 0.2) is 0 Å². The Balaban J connectivity index is 2.39. The van der Waals surface area contributed by atoms with Gasteiger partial charge < -0.3 is 10.0 Å². The molecule has 0 unspecified atom stereocenters. The Labute approximate surface area is 113 Å². The summed E-state index contributed by atoms with van der Waals surface area (Å²) in [7, 11) is 0. The highest BCUT2D eigenvalue weighted by molar-refractivity contribution is 5.65. The van der Waals surface area contributed by atoms with Crippen molar-refractivity contribution >= 4 is 11.4 Å². The van der Waals surface area contributed by atoms with Gasteiger partial charge >= 0.3 is 0 Å². The molecule has 1 N–H and O–H groups in total. The van der Waals surface area contributed by atoms with Crippen LogP contribution < -0.4 is 4.90 Å². The lowest BCUT2D eigenvalue weighted by Crippen LogP contribution is -2.36. The lowest BCUT2D eigenvalue weighted by Gasteiger charge is -2.30. The van der Waals surface area contributed by atoms with Crippen molar-refractivity contribution in [2.75, 3.05) is 18.1 Å². The van der Waals surface area contributed by atoms with E-state index in [4.69, 9.17) is 0 Å². The zero-order chi connectivity index (χ0) is 13.8. The van der Waals surface area contributed by atoms with E-state index >= 15 is 0 Å². The van der Waals surface area contributed by atoms with E-state index in [1.54, 1.807) is 12.1 Å². The standard InChI is InChI=1S/C14H20N2O3/c1-11-6-7-13(16(18)19)14(10-11)15(8-9-17)12-4-2-3-5-12/h6-7,10,12,17H,2-5,8-9H2,1H3. The van der Waals surface area contributed by atoms with Gasteiger partial charge in [0.25, 0.3) is 5.69 Å². The molecule has 0 aromatic heterocycles. The molecule has 0 bridgehead atoms. The molecular formula is C14H20N2O3. The Morgan fingerprint density at radius 2 is 2.11 bits per heavy atom. The molecule has 19 heavy (non-hydrogen) atoms. The summed E-state index contributed by atoms with van der Waals surface area (Å²) in [6.07, 6.45) is 4.41. The molecule has 5 nitrogen and oxygen atoms in total. The number of aliphatic hydroxyl groups excluding tert-OH is 1. The monoisotopic (exact) mass is 264 g/mol. The maximum absolute atomic E-state index is 11.2. The lowest BCUT2D eigenvalue weighted by atomic mass is 10.1. The summed E-state index contributed by atoms with van der Waals surface area (Å²) in [6.45, 7) is 2.40. The van der Waals surface area contributed by atoms with Crippen molar-refractivity contribution < 1.29 is 10.0 Å². The molecule has 0 heterocycles. The van der Waals surface area contributed by atoms with Gasteiger partial charge in [-0.15, -0.1) is 0 Å². The van der Waals surface area contributed by atoms with Crippen LogP contribution in [0.1, 0.15) is 31.2 Å². The van der Waals surface area contributed by atoms with Crippen molar-refractivity contribution in [3.05, 3.63) is 33.9 Å². The van der Waals surface area contributed by atoms with E-state index in [-0.39, 0.29) is 17.2 Å². The summed E-state index contributed by atoms with van der Waals surface area (Å²) < 4.78 is 0. The van der Waals surface area contributed by atoms with Crippen molar-refractivity contribution in [2.24, 2.45) is 0 Å². The molecule has 0 amide bonds. The third-order valence-corrected chi connectivity index (χ3v) is 3.74. The first-order chi connectivity index (χ1) is 9.13. The van der Waals surface area contributed by atoms with Crippen molar-refractivity contribution in [3.8, 4) is 0 Å². The van der Waals surface area contributed by atoms with Crippen LogP contribution in [0.3, 0.4) is 0 Å². The van der Waals surface area contributed by atoms with Gasteiger partial charge in [0.05, 0.1) is 11.5 Å². The fourth-order valence-electron chi connectivity index (χ4n) is 2.84. The summed E-state index contributed by atoms with van der Waals surface area (Å²) in [4.78, 5) is 12.8. The topological polar surface area (TPSA) is 66.6 Å². The van der Waals surface area contributed by atoms with Gasteiger partial charge in [0, 0.05) is 18.7 Å². The van der Waals surface area contributed by atoms with Crippen LogP contribution in [0.2, 0.25) is 0 Å². The first kappa shape index (κ1) is 13.8. The van der Waals surface area contributed by atoms with Crippen molar-refractivity contribution in [2.45, 2.75) is 38.6 Å². The van der Waals surface area contributed by atoms with Crippen LogP contribution in [0, 0.1) is 17.0 Å². The molecular weight excluding hydrogens is 244 g/mol. The average molecular weight is 264 g/mol. The van der Waals surface area contributed by atoms with Gasteiger partial charge in [-0.3, -0.25) is 10.1 Å². The fraction of sp³-hybridized carbons (Fsp3) is 0.571. The molecule has 5 heteroatoms. The molecule has 1 aliphatic rings. The summed E-state index contributed by atoms with van der Waals surface area (Å²) >= 11 is 0. The van der Waals surface area contributed by atoms with Crippen molar-refractivity contribution in [3.63, 3.8) is 0 Å². The largest absolute Gasteiger partial charge is 0.395 e. The number of nitro groups is 1. The van der Waals surface area contributed by atoms with E-state index in [2.05, 4.69) is 0 Å². The third-order valence-electron chi connectivity index (χ3n) is 3.74. The van der Waals surface area contributed by atoms with E-state index in [9.17, 15) is 15.2 Å². The van der Waals surface area contributed by atoms with Crippen LogP contribution in [0.15, 0.2) is 18.2 Å². The number of nitro benzene ring substituents is 1. The molecule has 1 fully saturated rings. The van der Waals surface area contributed by atoms with E-state index in [1.807, 2.05) is 17.9 Å². The van der Waals surface area contributed by atoms with Crippen molar-refractivity contribution in [1.29, 1.82) is 0 Å². The number of nitrogens with zero attached hydrogens (tertiary/aromatic N) is 2. The predicted octanol–water partition coefficient (Wildman–Crippen LogP) is 2.64. The lowest BCUT2D eigenvalue weighted by molar-refractivity contribution is -0.384. The van der Waals surface area contributed by atoms with Crippen LogP contribution in [-0.4, -0.2) is 29.2 Å². The molecule has 0 atom stereocenters. The number of hydrogen-bond donors (Lipinski definition) is 1. The Hall–Kier alpha value is -1.62. The van der Waals surface area contributed by atoms with Crippen LogP contribution >= 0.6 is 0 Å². The normalized spacial score (nSPS) is 15.7. The Bertz CT molecular complexity index is 456. The van der Waals surface area contributed by atoms with E-state index in [1.165, 1.54) is 0 Å². The van der Waals surface area contributed by atoms with Gasteiger partial charge in [0.1, 0.15) is 5.69 Å². The zero-order valence-corrected chi connectivity index (χ0v) is 11.2. The van der Waals surface area contributed by atoms with E-state index in [0.29, 0.717) is 18.3 Å². The molecule has 1 saturated carbocycles. The van der Waals surface area contributed by atoms with E-state index in [0.717, 1.165) is 31.2 Å². The Morgan fingerprint density at radius 1 is 1.42 bits per heavy atom. The maximum atomic E-state index is 11.2. The summed E-state index contributed by atoms with van der Waals surface area (Å²) in [5.41, 5.74) is 1.78. The van der Waals surface area contributed by atoms with Crippen LogP contribution in [-0.2, 0) is 0 Å². The second kappa shape index (κ2) is 6.02. The smallest absolute Gasteiger partial charge is 0.292 e. The minimum atomic E-state index is -0.339. The minimum absolute atomic E-state index is 0.0155. The fourth-order valence-corrected chi connectivity index (χ4v) is 2.84. The highest BCUT2D eigenvalue weighted by atomic mass is 16.6. The Morgan fingerprint density at radius 3 is 2.68 bits per heavy atom. The number of hydrogen-bond acceptors (Lipinski definition) is 4. The Kier molecular flexibility index (Phi) is 4.37. The molecule has 1 aromatic carbocycles. The molecule has 0 aliphatic heterocycles. The first-order valence-corrected chi connectivity index (χ1v) is 6.76. The minimum Gasteiger partial charge on any atom is -0.395 e. The summed E-state index contributed by atoms with van der Waals surface area (Å²) in [6, 6.07) is 5.48. The summed E-state index contributed by atoms with van der Waals surface area (Å²) in [5.74, 6) is 0. The van der Waals surface area contributed by atoms with Gasteiger partial charge in [-0.1, -0.05) is 18.9 Å². The molecule has 0 spiro atoms. The quantitative estimate of drug-likeness (QED) is 0.656. The zero-order valence-electron chi connectivity index (χ0n) is 11.2. The molecule has 1 aromatic rings. The highest BCUT2D eigenvalue weighted by Gasteiger charge is 2.27. The van der Waals surface area contributed by atoms with Gasteiger partial charge in [-0.05, 0) is 31.4 Å². The number of aliphatic hydroxyl groups is 1. The second-order valence-electron chi connectivity index (χ2n) is 5.10. The number of benzene rings is 1. The highest BCUT2D eigenvalue weighted by Crippen LogP contribution is 2.34. The maximum Gasteiger partial charge on any atom is 0.292 e.